The van der Waals surface area contributed by atoms with Crippen LogP contribution in [0.25, 0.3) is 0 Å². The lowest BCUT2D eigenvalue weighted by Gasteiger charge is -2.58. The van der Waals surface area contributed by atoms with E-state index < -0.39 is 6.10 Å². The molecule has 4 aliphatic carbocycles. The molecule has 4 bridgehead atoms. The second-order valence-corrected chi connectivity index (χ2v) is 14.0. The molecule has 218 valence electrons. The van der Waals surface area contributed by atoms with Gasteiger partial charge < -0.3 is 29.5 Å². The minimum Gasteiger partial charge on any atom is -0.504 e. The van der Waals surface area contributed by atoms with Crippen LogP contribution >= 0.6 is 0 Å². The number of rotatable bonds is 1. The summed E-state index contributed by atoms with van der Waals surface area (Å²) in [6.07, 6.45) is 13.4. The Hall–Kier alpha value is -2.54. The number of methoxy groups -OCH3 is 1. The van der Waals surface area contributed by atoms with E-state index >= 15 is 0 Å². The van der Waals surface area contributed by atoms with Crippen molar-refractivity contribution in [2.75, 3.05) is 34.3 Å². The van der Waals surface area contributed by atoms with Crippen LogP contribution in [0.5, 0.6) is 17.2 Å². The number of ether oxygens (including phenoxy) is 2. The maximum atomic E-state index is 10.4. The molecule has 7 aliphatic rings. The highest BCUT2D eigenvalue weighted by Gasteiger charge is 2.64. The molecule has 0 amide bonds. The fourth-order valence-electron chi connectivity index (χ4n) is 10.5. The van der Waals surface area contributed by atoms with Crippen LogP contribution in [0, 0.1) is 11.8 Å². The van der Waals surface area contributed by atoms with Crippen LogP contribution in [0.1, 0.15) is 60.8 Å². The first-order chi connectivity index (χ1) is 19.9. The molecule has 0 aromatic heterocycles. The van der Waals surface area contributed by atoms with Gasteiger partial charge in [0.25, 0.3) is 0 Å². The van der Waals surface area contributed by atoms with E-state index in [-0.39, 0.29) is 17.3 Å². The van der Waals surface area contributed by atoms with Crippen LogP contribution in [0.3, 0.4) is 0 Å². The lowest BCUT2D eigenvalue weighted by molar-refractivity contribution is -0.0453. The summed E-state index contributed by atoms with van der Waals surface area (Å²) in [5.41, 5.74) is 5.96. The van der Waals surface area contributed by atoms with Gasteiger partial charge in [-0.3, -0.25) is 0 Å². The average molecular weight is 557 g/mol. The summed E-state index contributed by atoms with van der Waals surface area (Å²) in [4.78, 5) is 5.06. The second kappa shape index (κ2) is 9.23. The van der Waals surface area contributed by atoms with Gasteiger partial charge in [0.2, 0.25) is 0 Å². The van der Waals surface area contributed by atoms with Crippen molar-refractivity contribution in [1.82, 2.24) is 9.80 Å². The summed E-state index contributed by atoms with van der Waals surface area (Å²) in [5, 5.41) is 20.6. The number of likely N-dealkylation sites (N-methyl/N-ethyl adjacent to an activating group) is 2. The third-order valence-corrected chi connectivity index (χ3v) is 12.5. The zero-order valence-electron chi connectivity index (χ0n) is 24.7. The van der Waals surface area contributed by atoms with Crippen molar-refractivity contribution in [2.45, 2.75) is 86.5 Å². The van der Waals surface area contributed by atoms with Crippen molar-refractivity contribution >= 4 is 0 Å². The van der Waals surface area contributed by atoms with E-state index in [0.717, 1.165) is 37.1 Å². The van der Waals surface area contributed by atoms with Crippen molar-refractivity contribution in [3.8, 4) is 17.2 Å². The van der Waals surface area contributed by atoms with Gasteiger partial charge in [-0.25, -0.2) is 0 Å². The predicted octanol–water partition coefficient (Wildman–Crippen LogP) is 4.58. The molecule has 0 unspecified atom stereocenters. The molecule has 2 aromatic carbocycles. The molecular formula is C35H44N2O4. The predicted molar refractivity (Wildman–Crippen MR) is 159 cm³/mol. The zero-order chi connectivity index (χ0) is 28.1. The molecule has 6 nitrogen and oxygen atoms in total. The van der Waals surface area contributed by atoms with E-state index in [4.69, 9.17) is 9.47 Å². The van der Waals surface area contributed by atoms with Crippen LogP contribution < -0.4 is 9.47 Å². The first kappa shape index (κ1) is 26.1. The van der Waals surface area contributed by atoms with E-state index in [1.54, 1.807) is 24.3 Å². The van der Waals surface area contributed by atoms with Gasteiger partial charge in [-0.15, -0.1) is 0 Å². The van der Waals surface area contributed by atoms with Crippen molar-refractivity contribution in [3.05, 3.63) is 64.7 Å². The number of phenolic OH excluding ortho intramolecular Hbond substituents is 1. The largest absolute Gasteiger partial charge is 0.504 e. The number of hydrogen-bond acceptors (Lipinski definition) is 6. The number of aliphatic hydroxyl groups excluding tert-OH is 1. The maximum Gasteiger partial charge on any atom is 0.165 e. The monoisotopic (exact) mass is 556 g/mol. The van der Waals surface area contributed by atoms with E-state index in [2.05, 4.69) is 48.2 Å². The fourth-order valence-corrected chi connectivity index (χ4v) is 10.5. The Balaban J connectivity index is 0.000000125. The Morgan fingerprint density at radius 2 is 1.71 bits per heavy atom. The number of nitrogens with zero attached hydrogens (tertiary/aromatic N) is 2. The Kier molecular flexibility index (Phi) is 5.88. The fraction of sp³-hybridized carbons (Fsp3) is 0.600. The van der Waals surface area contributed by atoms with Gasteiger partial charge in [0, 0.05) is 34.4 Å². The minimum atomic E-state index is -0.594. The van der Waals surface area contributed by atoms with Crippen LogP contribution in [0.2, 0.25) is 0 Å². The number of hydrogen-bond donors (Lipinski definition) is 2. The van der Waals surface area contributed by atoms with Crippen molar-refractivity contribution in [1.29, 1.82) is 0 Å². The number of piperidine rings is 2. The Bertz CT molecular complexity index is 1410. The number of benzene rings is 2. The van der Waals surface area contributed by atoms with Crippen molar-refractivity contribution < 1.29 is 19.7 Å². The van der Waals surface area contributed by atoms with Gasteiger partial charge in [0.1, 0.15) is 18.0 Å². The molecule has 0 radical (unpaired) electrons. The molecular weight excluding hydrogens is 512 g/mol. The highest BCUT2D eigenvalue weighted by atomic mass is 16.5. The topological polar surface area (TPSA) is 65.4 Å². The number of aliphatic hydroxyl groups is 1. The van der Waals surface area contributed by atoms with Crippen LogP contribution in [-0.2, 0) is 23.7 Å². The van der Waals surface area contributed by atoms with Crippen LogP contribution in [0.4, 0.5) is 0 Å². The maximum absolute atomic E-state index is 10.4. The molecule has 8 atom stereocenters. The van der Waals surface area contributed by atoms with Gasteiger partial charge in [-0.05, 0) is 107 Å². The number of aromatic hydroxyl groups is 1. The normalized spacial score (nSPS) is 39.4. The summed E-state index contributed by atoms with van der Waals surface area (Å²) >= 11 is 0. The van der Waals surface area contributed by atoms with Gasteiger partial charge in [0.05, 0.1) is 7.11 Å². The van der Waals surface area contributed by atoms with E-state index in [1.165, 1.54) is 56.2 Å². The molecule has 2 saturated heterocycles. The van der Waals surface area contributed by atoms with Gasteiger partial charge in [-0.1, -0.05) is 37.1 Å². The van der Waals surface area contributed by atoms with Crippen molar-refractivity contribution in [2.24, 2.45) is 11.8 Å². The molecule has 3 fully saturated rings. The summed E-state index contributed by atoms with van der Waals surface area (Å²) < 4.78 is 11.6. The summed E-state index contributed by atoms with van der Waals surface area (Å²) in [6, 6.07) is 11.8. The molecule has 1 saturated carbocycles. The lowest BCUT2D eigenvalue weighted by atomic mass is 9.52. The number of fused-ring (bicyclic) bond motifs is 1. The first-order valence-corrected chi connectivity index (χ1v) is 15.8. The second-order valence-electron chi connectivity index (χ2n) is 14.0. The number of likely N-dealkylation sites (tertiary alicyclic amines) is 2. The van der Waals surface area contributed by atoms with Crippen molar-refractivity contribution in [3.63, 3.8) is 0 Å². The first-order valence-electron chi connectivity index (χ1n) is 15.8. The number of phenols is 1. The van der Waals surface area contributed by atoms with Gasteiger partial charge in [0.15, 0.2) is 11.5 Å². The zero-order valence-corrected chi connectivity index (χ0v) is 24.7. The molecule has 2 aromatic rings. The van der Waals surface area contributed by atoms with E-state index in [1.807, 2.05) is 12.1 Å². The SMILES string of the molecule is CN1CC[C@]23c4c5ccc(O)c4O[C@H]2[C@@H](O)C=C[C@H]3[C@H]1C5.COc1ccc2c(c1)[C@]13CCCC[C@@H]1[C@H](C2)N(C)CC3. The summed E-state index contributed by atoms with van der Waals surface area (Å²) in [6.45, 7) is 2.27. The molecule has 41 heavy (non-hydrogen) atoms. The molecule has 9 rings (SSSR count). The van der Waals surface area contributed by atoms with Gasteiger partial charge >= 0.3 is 0 Å². The highest BCUT2D eigenvalue weighted by Crippen LogP contribution is 2.62. The van der Waals surface area contributed by atoms with Crippen LogP contribution in [0.15, 0.2) is 42.5 Å². The summed E-state index contributed by atoms with van der Waals surface area (Å²) in [5.74, 6) is 3.10. The van der Waals surface area contributed by atoms with Crippen LogP contribution in [-0.4, -0.2) is 78.6 Å². The lowest BCUT2D eigenvalue weighted by Crippen LogP contribution is -2.64. The average Bonchev–Trinajstić information content (AvgIpc) is 3.35. The molecule has 1 spiro atoms. The van der Waals surface area contributed by atoms with Gasteiger partial charge in [-0.2, -0.15) is 0 Å². The van der Waals surface area contributed by atoms with E-state index in [0.29, 0.717) is 23.1 Å². The Morgan fingerprint density at radius 1 is 0.927 bits per heavy atom. The molecule has 3 heterocycles. The highest BCUT2D eigenvalue weighted by molar-refractivity contribution is 5.61. The molecule has 2 N–H and O–H groups in total. The standard InChI is InChI=1S/C18H25NO.C17H19NO3/c1-19-10-9-18-8-4-3-5-15(18)17(19)11-13-6-7-14(20-2)12-16(13)18;1-18-7-6-17-10-3-5-13(20)16(17)21-15-12(19)4-2-9(14(15)17)8-11(10)18/h6-7,12,15,17H,3-5,8-11H2,1-2H3;2-5,10-11,13,16,19-20H,6-8H2,1H3/t15-,17+,18+;10-,11+,13-,16-,17-/m10/s1. The molecule has 6 heteroatoms. The quantitative estimate of drug-likeness (QED) is 0.502. The van der Waals surface area contributed by atoms with E-state index in [9.17, 15) is 10.2 Å². The third-order valence-electron chi connectivity index (χ3n) is 12.5. The third kappa shape index (κ3) is 3.47. The smallest absolute Gasteiger partial charge is 0.165 e. The Morgan fingerprint density at radius 3 is 2.56 bits per heavy atom. The Labute approximate surface area is 243 Å². The molecule has 3 aliphatic heterocycles. The summed E-state index contributed by atoms with van der Waals surface area (Å²) in [7, 11) is 6.31. The minimum absolute atomic E-state index is 0.160.